The van der Waals surface area contributed by atoms with E-state index >= 15 is 0 Å². The van der Waals surface area contributed by atoms with Crippen molar-refractivity contribution in [2.24, 2.45) is 0 Å². The van der Waals surface area contributed by atoms with Crippen molar-refractivity contribution in [3.05, 3.63) is 22.9 Å². The molecule has 21 heavy (non-hydrogen) atoms. The summed E-state index contributed by atoms with van der Waals surface area (Å²) in [5.41, 5.74) is 0.556. The number of carbonyl (C=O) groups excluding carboxylic acids is 1. The molecule has 1 N–H and O–H groups in total. The molecule has 6 heteroatoms. The highest BCUT2D eigenvalue weighted by Gasteiger charge is 2.26. The number of rotatable bonds is 2. The Bertz CT molecular complexity index is 494. The molecule has 0 aromatic carbocycles. The van der Waals surface area contributed by atoms with E-state index < -0.39 is 5.60 Å². The quantitative estimate of drug-likeness (QED) is 0.822. The lowest BCUT2D eigenvalue weighted by Gasteiger charge is -2.34. The van der Waals surface area contributed by atoms with Crippen LogP contribution in [-0.4, -0.2) is 40.7 Å². The summed E-state index contributed by atoms with van der Waals surface area (Å²) >= 11 is 3.43. The number of hydrogen-bond acceptors (Lipinski definition) is 4. The van der Waals surface area contributed by atoms with Gasteiger partial charge >= 0.3 is 6.09 Å². The van der Waals surface area contributed by atoms with Gasteiger partial charge in [-0.05, 0) is 61.7 Å². The van der Waals surface area contributed by atoms with Crippen LogP contribution in [0, 0.1) is 0 Å². The number of anilines is 1. The molecule has 0 saturated carbocycles. The fraction of sp³-hybridized carbons (Fsp3) is 0.600. The number of nitrogens with zero attached hydrogens (tertiary/aromatic N) is 2. The van der Waals surface area contributed by atoms with Crippen LogP contribution in [0.3, 0.4) is 0 Å². The first-order chi connectivity index (χ1) is 9.85. The number of carbonyl (C=O) groups is 1. The van der Waals surface area contributed by atoms with Crippen molar-refractivity contribution in [2.45, 2.75) is 45.3 Å². The monoisotopic (exact) mass is 355 g/mol. The summed E-state index contributed by atoms with van der Waals surface area (Å²) < 4.78 is 6.22. The first-order valence-electron chi connectivity index (χ1n) is 7.20. The van der Waals surface area contributed by atoms with E-state index in [1.807, 2.05) is 32.9 Å². The van der Waals surface area contributed by atoms with E-state index in [0.29, 0.717) is 19.1 Å². The van der Waals surface area contributed by atoms with Crippen LogP contribution >= 0.6 is 15.9 Å². The molecule has 1 amide bonds. The second-order valence-electron chi connectivity index (χ2n) is 6.23. The van der Waals surface area contributed by atoms with Gasteiger partial charge in [0, 0.05) is 25.3 Å². The Kier molecular flexibility index (Phi) is 5.08. The summed E-state index contributed by atoms with van der Waals surface area (Å²) in [5.74, 6) is 0. The van der Waals surface area contributed by atoms with Crippen LogP contribution in [-0.2, 0) is 4.74 Å². The summed E-state index contributed by atoms with van der Waals surface area (Å²) in [6.45, 7) is 7.09. The van der Waals surface area contributed by atoms with Crippen molar-refractivity contribution < 1.29 is 9.53 Å². The zero-order valence-corrected chi connectivity index (χ0v) is 14.3. The molecular weight excluding hydrogens is 334 g/mol. The molecule has 0 radical (unpaired) electrons. The summed E-state index contributed by atoms with van der Waals surface area (Å²) in [5, 5.41) is 3.47. The molecule has 1 aromatic heterocycles. The molecule has 1 aliphatic rings. The number of nitrogens with one attached hydrogen (secondary N) is 1. The number of likely N-dealkylation sites (tertiary alicyclic amines) is 1. The molecule has 0 unspecified atom stereocenters. The third-order valence-corrected chi connectivity index (χ3v) is 3.90. The van der Waals surface area contributed by atoms with Gasteiger partial charge in [-0.25, -0.2) is 9.78 Å². The van der Waals surface area contributed by atoms with Gasteiger partial charge in [0.15, 0.2) is 0 Å². The van der Waals surface area contributed by atoms with Gasteiger partial charge in [-0.3, -0.25) is 0 Å². The number of pyridine rings is 1. The molecule has 0 spiro atoms. The van der Waals surface area contributed by atoms with Gasteiger partial charge < -0.3 is 15.0 Å². The van der Waals surface area contributed by atoms with E-state index in [-0.39, 0.29) is 6.09 Å². The van der Waals surface area contributed by atoms with E-state index in [9.17, 15) is 4.79 Å². The maximum Gasteiger partial charge on any atom is 0.410 e. The van der Waals surface area contributed by atoms with Gasteiger partial charge in [0.2, 0.25) is 0 Å². The molecule has 5 nitrogen and oxygen atoms in total. The topological polar surface area (TPSA) is 54.5 Å². The molecule has 0 atom stereocenters. The van der Waals surface area contributed by atoms with E-state index in [4.69, 9.17) is 4.74 Å². The highest BCUT2D eigenvalue weighted by molar-refractivity contribution is 9.10. The largest absolute Gasteiger partial charge is 0.444 e. The fourth-order valence-corrected chi connectivity index (χ4v) is 2.61. The van der Waals surface area contributed by atoms with Crippen LogP contribution in [0.2, 0.25) is 0 Å². The van der Waals surface area contributed by atoms with Crippen molar-refractivity contribution in [1.82, 2.24) is 9.88 Å². The second-order valence-corrected chi connectivity index (χ2v) is 6.98. The number of aromatic nitrogens is 1. The maximum absolute atomic E-state index is 12.0. The van der Waals surface area contributed by atoms with Gasteiger partial charge in [0.25, 0.3) is 0 Å². The molecule has 0 aliphatic carbocycles. The average molecular weight is 356 g/mol. The zero-order chi connectivity index (χ0) is 15.5. The lowest BCUT2D eigenvalue weighted by atomic mass is 10.1. The van der Waals surface area contributed by atoms with Crippen LogP contribution in [0.15, 0.2) is 22.9 Å². The molecule has 1 aliphatic heterocycles. The molecule has 116 valence electrons. The molecular formula is C15H22BrN3O2. The SMILES string of the molecule is CC(C)(C)OC(=O)N1CCC(Nc2cccnc2Br)CC1. The molecule has 1 aromatic rings. The van der Waals surface area contributed by atoms with Crippen molar-refractivity contribution >= 4 is 27.7 Å². The van der Waals surface area contributed by atoms with Crippen LogP contribution in [0.5, 0.6) is 0 Å². The van der Waals surface area contributed by atoms with Crippen molar-refractivity contribution in [3.8, 4) is 0 Å². The number of piperidine rings is 1. The number of halogens is 1. The number of amides is 1. The second kappa shape index (κ2) is 6.64. The third kappa shape index (κ3) is 4.88. The first kappa shape index (κ1) is 16.1. The smallest absolute Gasteiger partial charge is 0.410 e. The zero-order valence-electron chi connectivity index (χ0n) is 12.7. The van der Waals surface area contributed by atoms with Crippen LogP contribution in [0.4, 0.5) is 10.5 Å². The molecule has 1 saturated heterocycles. The van der Waals surface area contributed by atoms with E-state index in [1.54, 1.807) is 11.1 Å². The first-order valence-corrected chi connectivity index (χ1v) is 7.99. The lowest BCUT2D eigenvalue weighted by molar-refractivity contribution is 0.0210. The highest BCUT2D eigenvalue weighted by atomic mass is 79.9. The van der Waals surface area contributed by atoms with Gasteiger partial charge in [-0.2, -0.15) is 0 Å². The minimum Gasteiger partial charge on any atom is -0.444 e. The Labute approximate surface area is 134 Å². The Morgan fingerprint density at radius 1 is 1.43 bits per heavy atom. The molecule has 2 rings (SSSR count). The van der Waals surface area contributed by atoms with Crippen LogP contribution < -0.4 is 5.32 Å². The van der Waals surface area contributed by atoms with Crippen molar-refractivity contribution in [3.63, 3.8) is 0 Å². The summed E-state index contributed by atoms with van der Waals surface area (Å²) in [6.07, 6.45) is 3.34. The predicted molar refractivity (Wildman–Crippen MR) is 86.4 cm³/mol. The van der Waals surface area contributed by atoms with E-state index in [0.717, 1.165) is 23.1 Å². The molecule has 1 fully saturated rings. The normalized spacial score (nSPS) is 16.7. The summed E-state index contributed by atoms with van der Waals surface area (Å²) in [7, 11) is 0. The third-order valence-electron chi connectivity index (χ3n) is 3.27. The molecule has 0 bridgehead atoms. The van der Waals surface area contributed by atoms with Gasteiger partial charge in [-0.15, -0.1) is 0 Å². The summed E-state index contributed by atoms with van der Waals surface area (Å²) in [6, 6.07) is 4.25. The van der Waals surface area contributed by atoms with E-state index in [2.05, 4.69) is 26.2 Å². The predicted octanol–water partition coefficient (Wildman–Crippen LogP) is 3.66. The lowest BCUT2D eigenvalue weighted by Crippen LogP contribution is -2.44. The van der Waals surface area contributed by atoms with Gasteiger partial charge in [0.05, 0.1) is 5.69 Å². The van der Waals surface area contributed by atoms with Gasteiger partial charge in [0.1, 0.15) is 10.2 Å². The van der Waals surface area contributed by atoms with Crippen LogP contribution in [0.1, 0.15) is 33.6 Å². The van der Waals surface area contributed by atoms with E-state index in [1.165, 1.54) is 0 Å². The fourth-order valence-electron chi connectivity index (χ4n) is 2.25. The molecule has 2 heterocycles. The van der Waals surface area contributed by atoms with Crippen molar-refractivity contribution in [2.75, 3.05) is 18.4 Å². The number of hydrogen-bond donors (Lipinski definition) is 1. The Balaban J connectivity index is 1.83. The maximum atomic E-state index is 12.0. The number of ether oxygens (including phenoxy) is 1. The summed E-state index contributed by atoms with van der Waals surface area (Å²) in [4.78, 5) is 18.0. The Hall–Kier alpha value is -1.30. The Morgan fingerprint density at radius 2 is 2.10 bits per heavy atom. The van der Waals surface area contributed by atoms with Gasteiger partial charge in [-0.1, -0.05) is 0 Å². The standard InChI is InChI=1S/C15H22BrN3O2/c1-15(2,3)21-14(20)19-9-6-11(7-10-19)18-12-5-4-8-17-13(12)16/h4-5,8,11,18H,6-7,9-10H2,1-3H3. The minimum absolute atomic E-state index is 0.219. The Morgan fingerprint density at radius 3 is 2.67 bits per heavy atom. The average Bonchev–Trinajstić information content (AvgIpc) is 2.40. The van der Waals surface area contributed by atoms with Crippen LogP contribution in [0.25, 0.3) is 0 Å². The minimum atomic E-state index is -0.438. The van der Waals surface area contributed by atoms with Crippen molar-refractivity contribution in [1.29, 1.82) is 0 Å². The highest BCUT2D eigenvalue weighted by Crippen LogP contribution is 2.23.